The first-order valence-corrected chi connectivity index (χ1v) is 21.2. The number of rotatable bonds is 10. The van der Waals surface area contributed by atoms with Crippen molar-refractivity contribution in [2.45, 2.75) is 77.9 Å². The second kappa shape index (κ2) is 16.9. The van der Waals surface area contributed by atoms with Crippen molar-refractivity contribution < 1.29 is 23.9 Å². The van der Waals surface area contributed by atoms with Gasteiger partial charge in [0.1, 0.15) is 12.4 Å². The van der Waals surface area contributed by atoms with E-state index in [0.717, 1.165) is 96.9 Å². The van der Waals surface area contributed by atoms with E-state index in [1.807, 2.05) is 79.5 Å². The van der Waals surface area contributed by atoms with Gasteiger partial charge in [-0.1, -0.05) is 61.5 Å². The summed E-state index contributed by atoms with van der Waals surface area (Å²) in [6.07, 6.45) is 3.96. The zero-order valence-electron chi connectivity index (χ0n) is 34.2. The van der Waals surface area contributed by atoms with Gasteiger partial charge in [-0.2, -0.15) is 0 Å². The summed E-state index contributed by atoms with van der Waals surface area (Å²) in [5.41, 5.74) is 10.4. The van der Waals surface area contributed by atoms with Gasteiger partial charge in [-0.05, 0) is 96.0 Å². The van der Waals surface area contributed by atoms with Gasteiger partial charge in [0.05, 0.1) is 18.8 Å². The molecule has 3 amide bonds. The summed E-state index contributed by atoms with van der Waals surface area (Å²) in [4.78, 5) is 51.0. The molecule has 1 saturated heterocycles. The molecule has 4 aliphatic heterocycles. The number of aromatic nitrogens is 1. The summed E-state index contributed by atoms with van der Waals surface area (Å²) in [5.74, 6) is 0.730. The number of carbonyl (C=O) groups excluding carboxylic acids is 3. The van der Waals surface area contributed by atoms with Crippen LogP contribution in [0.3, 0.4) is 0 Å². The van der Waals surface area contributed by atoms with Crippen LogP contribution in [-0.2, 0) is 55.2 Å². The maximum atomic E-state index is 15.4. The third-order valence-electron chi connectivity index (χ3n) is 12.7. The van der Waals surface area contributed by atoms with Crippen molar-refractivity contribution in [3.05, 3.63) is 142 Å². The van der Waals surface area contributed by atoms with Gasteiger partial charge in [0.15, 0.2) is 0 Å². The Bertz CT molecular complexity index is 2350. The first-order valence-electron chi connectivity index (χ1n) is 21.2. The molecule has 1 atom stereocenters. The molecule has 5 aromatic rings. The van der Waals surface area contributed by atoms with Crippen molar-refractivity contribution >= 4 is 23.4 Å². The summed E-state index contributed by atoms with van der Waals surface area (Å²) < 4.78 is 14.0. The Morgan fingerprint density at radius 2 is 1.51 bits per heavy atom. The normalized spacial score (nSPS) is 17.6. The molecule has 304 valence electrons. The van der Waals surface area contributed by atoms with E-state index in [0.29, 0.717) is 57.0 Å². The molecule has 9 rings (SSSR count). The number of morpholine rings is 1. The van der Waals surface area contributed by atoms with Crippen molar-refractivity contribution in [1.82, 2.24) is 19.3 Å². The van der Waals surface area contributed by atoms with Crippen LogP contribution in [0.15, 0.2) is 97.1 Å². The lowest BCUT2D eigenvalue weighted by atomic mass is 9.91. The number of anilines is 1. The number of hydrogen-bond donors (Lipinski definition) is 0. The van der Waals surface area contributed by atoms with Gasteiger partial charge in [0.25, 0.3) is 11.8 Å². The zero-order chi connectivity index (χ0) is 40.5. The summed E-state index contributed by atoms with van der Waals surface area (Å²) >= 11 is 0. The highest BCUT2D eigenvalue weighted by molar-refractivity contribution is 6.08. The second-order valence-corrected chi connectivity index (χ2v) is 16.4. The van der Waals surface area contributed by atoms with E-state index in [1.54, 1.807) is 4.90 Å². The molecular formula is C49H53N5O5. The Morgan fingerprint density at radius 1 is 0.780 bits per heavy atom. The largest absolute Gasteiger partial charge is 0.489 e. The highest BCUT2D eigenvalue weighted by Gasteiger charge is 2.36. The molecule has 0 aliphatic carbocycles. The number of carbonyl (C=O) groups is 3. The smallest absolute Gasteiger partial charge is 0.259 e. The van der Waals surface area contributed by atoms with Crippen LogP contribution in [0.2, 0.25) is 0 Å². The minimum atomic E-state index is -0.0909. The second-order valence-electron chi connectivity index (χ2n) is 16.4. The van der Waals surface area contributed by atoms with Crippen molar-refractivity contribution in [3.63, 3.8) is 0 Å². The van der Waals surface area contributed by atoms with Crippen LogP contribution < -0.4 is 9.64 Å². The first kappa shape index (κ1) is 38.8. The van der Waals surface area contributed by atoms with Crippen molar-refractivity contribution in [2.24, 2.45) is 0 Å². The Morgan fingerprint density at radius 3 is 2.27 bits per heavy atom. The zero-order valence-corrected chi connectivity index (χ0v) is 34.2. The molecule has 10 nitrogen and oxygen atoms in total. The molecule has 4 aromatic carbocycles. The molecule has 0 N–H and O–H groups in total. The SMILES string of the molecule is CCC(=O)N1Cc2cc(C(=O)N3Cc4ccccc4C[C@H]3CN3CCOCC3)c(-c3cc(C(=O)N(C)c4ccc(OCc5ccccc5)cc4)c4n3CCCC4)cc2C1. The van der Waals surface area contributed by atoms with Gasteiger partial charge in [0.2, 0.25) is 5.91 Å². The molecule has 0 unspecified atom stereocenters. The fourth-order valence-electron chi connectivity index (χ4n) is 9.35. The molecule has 0 radical (unpaired) electrons. The van der Waals surface area contributed by atoms with E-state index in [1.165, 1.54) is 11.1 Å². The van der Waals surface area contributed by atoms with Gasteiger partial charge < -0.3 is 28.7 Å². The number of ether oxygens (including phenoxy) is 2. The standard InChI is InChI=1S/C49H53N5O5/c1-3-47(55)52-29-37-26-42(43(27-38(37)30-52)49(57)54-31-36-14-8-7-13-35(36)25-40(54)32-51-21-23-58-24-22-51)46-28-44(45-15-9-10-20-53(45)46)48(56)50(2)39-16-18-41(19-17-39)59-33-34-11-5-4-6-12-34/h4-8,11-14,16-19,26-28,40H,3,9-10,15,20-25,29-33H2,1-2H3/t40-/m0/s1. The molecule has 1 fully saturated rings. The Hall–Kier alpha value is -5.71. The van der Waals surface area contributed by atoms with Crippen LogP contribution >= 0.6 is 0 Å². The van der Waals surface area contributed by atoms with Gasteiger partial charge >= 0.3 is 0 Å². The predicted octanol–water partition coefficient (Wildman–Crippen LogP) is 7.50. The summed E-state index contributed by atoms with van der Waals surface area (Å²) in [7, 11) is 1.82. The monoisotopic (exact) mass is 791 g/mol. The average molecular weight is 792 g/mol. The third-order valence-corrected chi connectivity index (χ3v) is 12.7. The minimum Gasteiger partial charge on any atom is -0.489 e. The molecule has 0 saturated carbocycles. The van der Waals surface area contributed by atoms with E-state index in [-0.39, 0.29) is 23.8 Å². The van der Waals surface area contributed by atoms with Crippen LogP contribution in [0.5, 0.6) is 5.75 Å². The maximum absolute atomic E-state index is 15.4. The third kappa shape index (κ3) is 7.91. The maximum Gasteiger partial charge on any atom is 0.259 e. The molecule has 4 aliphatic rings. The molecule has 59 heavy (non-hydrogen) atoms. The molecule has 10 heteroatoms. The highest BCUT2D eigenvalue weighted by atomic mass is 16.5. The number of amides is 3. The van der Waals surface area contributed by atoms with Crippen molar-refractivity contribution in [1.29, 1.82) is 0 Å². The van der Waals surface area contributed by atoms with Crippen LogP contribution in [0.1, 0.15) is 80.4 Å². The molecule has 0 spiro atoms. The van der Waals surface area contributed by atoms with E-state index in [9.17, 15) is 9.59 Å². The Labute approximate surface area is 346 Å². The number of fused-ring (bicyclic) bond motifs is 3. The Balaban J connectivity index is 1.07. The van der Waals surface area contributed by atoms with Crippen LogP contribution in [0.25, 0.3) is 11.3 Å². The molecular weight excluding hydrogens is 739 g/mol. The fraction of sp³-hybridized carbons (Fsp3) is 0.367. The molecule has 5 heterocycles. The van der Waals surface area contributed by atoms with Gasteiger partial charge in [0, 0.05) is 93.5 Å². The number of nitrogens with zero attached hydrogens (tertiary/aromatic N) is 5. The lowest BCUT2D eigenvalue weighted by Gasteiger charge is -2.40. The number of benzene rings is 4. The molecule has 0 bridgehead atoms. The lowest BCUT2D eigenvalue weighted by Crippen LogP contribution is -2.52. The van der Waals surface area contributed by atoms with E-state index in [2.05, 4.69) is 50.8 Å². The van der Waals surface area contributed by atoms with Crippen LogP contribution in [0.4, 0.5) is 5.69 Å². The van der Waals surface area contributed by atoms with Crippen molar-refractivity contribution in [2.75, 3.05) is 44.8 Å². The van der Waals surface area contributed by atoms with E-state index in [4.69, 9.17) is 9.47 Å². The fourth-order valence-corrected chi connectivity index (χ4v) is 9.35. The summed E-state index contributed by atoms with van der Waals surface area (Å²) in [5, 5.41) is 0. The quantitative estimate of drug-likeness (QED) is 0.146. The van der Waals surface area contributed by atoms with Gasteiger partial charge in [-0.25, -0.2) is 0 Å². The van der Waals surface area contributed by atoms with Gasteiger partial charge in [-0.3, -0.25) is 19.3 Å². The van der Waals surface area contributed by atoms with Gasteiger partial charge in [-0.15, -0.1) is 0 Å². The van der Waals surface area contributed by atoms with E-state index < -0.39 is 0 Å². The Kier molecular flexibility index (Phi) is 11.1. The average Bonchev–Trinajstić information content (AvgIpc) is 3.89. The molecule has 1 aromatic heterocycles. The summed E-state index contributed by atoms with van der Waals surface area (Å²) in [6.45, 7) is 8.50. The summed E-state index contributed by atoms with van der Waals surface area (Å²) in [6, 6.07) is 32.4. The van der Waals surface area contributed by atoms with Crippen molar-refractivity contribution in [3.8, 4) is 17.0 Å². The number of hydrogen-bond acceptors (Lipinski definition) is 6. The minimum absolute atomic E-state index is 0.0123. The lowest BCUT2D eigenvalue weighted by molar-refractivity contribution is -0.131. The van der Waals surface area contributed by atoms with E-state index >= 15 is 4.79 Å². The first-order chi connectivity index (χ1) is 28.8. The highest BCUT2D eigenvalue weighted by Crippen LogP contribution is 2.39. The predicted molar refractivity (Wildman–Crippen MR) is 228 cm³/mol. The van der Waals surface area contributed by atoms with Crippen LogP contribution in [-0.4, -0.2) is 82.9 Å². The topological polar surface area (TPSA) is 87.6 Å². The van der Waals surface area contributed by atoms with Crippen LogP contribution in [0, 0.1) is 0 Å².